The van der Waals surface area contributed by atoms with Crippen LogP contribution in [0.2, 0.25) is 0 Å². The summed E-state index contributed by atoms with van der Waals surface area (Å²) in [5.74, 6) is 0. The van der Waals surface area contributed by atoms with Gasteiger partial charge in [-0.15, -0.1) is 0 Å². The van der Waals surface area contributed by atoms with E-state index >= 15 is 0 Å². The highest BCUT2D eigenvalue weighted by molar-refractivity contribution is 7.54. The molecule has 0 aromatic carbocycles. The molecule has 0 fully saturated rings. The van der Waals surface area contributed by atoms with Crippen molar-refractivity contribution in [2.75, 3.05) is 0 Å². The van der Waals surface area contributed by atoms with Crippen LogP contribution in [-0.2, 0) is 11.5 Å². The van der Waals surface area contributed by atoms with Crippen molar-refractivity contribution in [3.05, 3.63) is 42.5 Å². The first kappa shape index (κ1) is 8.13. The summed E-state index contributed by atoms with van der Waals surface area (Å²) < 4.78 is 13.9. The molecule has 0 atom stereocenters. The zero-order chi connectivity index (χ0) is 9.10. The minimum absolute atomic E-state index is 0.242. The fourth-order valence-corrected chi connectivity index (χ4v) is 1.49. The average Bonchev–Trinajstić information content (AvgIpc) is 2.37. The van der Waals surface area contributed by atoms with Crippen molar-refractivity contribution in [2.45, 2.75) is 0 Å². The van der Waals surface area contributed by atoms with Gasteiger partial charge in [0.2, 0.25) is 11.5 Å². The van der Waals surface area contributed by atoms with E-state index in [2.05, 4.69) is 4.36 Å². The molecule has 0 aliphatic heterocycles. The van der Waals surface area contributed by atoms with Gasteiger partial charge in [-0.3, -0.25) is 0 Å². The van der Waals surface area contributed by atoms with Crippen LogP contribution in [0, 0.1) is 0 Å². The van der Waals surface area contributed by atoms with Crippen molar-refractivity contribution in [2.24, 2.45) is 4.36 Å². The van der Waals surface area contributed by atoms with Crippen LogP contribution in [0.15, 0.2) is 46.8 Å². The lowest BCUT2D eigenvalue weighted by atomic mass is 10.2. The van der Waals surface area contributed by atoms with E-state index < -0.39 is 0 Å². The van der Waals surface area contributed by atoms with E-state index in [1.54, 1.807) is 0 Å². The third kappa shape index (κ3) is 1.65. The minimum atomic E-state index is 0.242. The smallest absolute Gasteiger partial charge is 0.191 e. The molecule has 13 heavy (non-hydrogen) atoms. The maximum Gasteiger partial charge on any atom is 0.205 e. The Morgan fingerprint density at radius 1 is 1.00 bits per heavy atom. The van der Waals surface area contributed by atoms with Crippen LogP contribution in [-0.4, -0.2) is 4.21 Å². The van der Waals surface area contributed by atoms with Crippen LogP contribution in [0.1, 0.15) is 0 Å². The van der Waals surface area contributed by atoms with Gasteiger partial charge in [0.15, 0.2) is 0 Å². The number of nitrogens with zero attached hydrogens (tertiary/aromatic N) is 1. The van der Waals surface area contributed by atoms with E-state index in [-0.39, 0.29) is 11.5 Å². The maximum atomic E-state index is 10.2. The van der Waals surface area contributed by atoms with Gasteiger partial charge >= 0.3 is 0 Å². The molecule has 0 aromatic heterocycles. The molecule has 0 saturated carbocycles. The quantitative estimate of drug-likeness (QED) is 0.678. The molecule has 2 nitrogen and oxygen atoms in total. The number of hydrogen-bond donors (Lipinski definition) is 0. The summed E-state index contributed by atoms with van der Waals surface area (Å²) in [6.45, 7) is 0. The summed E-state index contributed by atoms with van der Waals surface area (Å²) in [6, 6.07) is 13.7. The lowest BCUT2D eigenvalue weighted by Crippen LogP contribution is -1.59. The van der Waals surface area contributed by atoms with Gasteiger partial charge in [-0.05, 0) is 23.3 Å². The molecule has 0 heterocycles. The lowest BCUT2D eigenvalue weighted by Gasteiger charge is -1.85. The van der Waals surface area contributed by atoms with Crippen molar-refractivity contribution >= 4 is 17.2 Å². The number of rotatable bonds is 1. The molecule has 0 spiro atoms. The molecule has 0 amide bonds. The van der Waals surface area contributed by atoms with Gasteiger partial charge < -0.3 is 0 Å². The Morgan fingerprint density at radius 3 is 2.15 bits per heavy atom. The Balaban J connectivity index is 2.63. The van der Waals surface area contributed by atoms with Crippen molar-refractivity contribution in [1.29, 1.82) is 0 Å². The third-order valence-electron chi connectivity index (χ3n) is 1.86. The molecule has 0 radical (unpaired) electrons. The zero-order valence-electron chi connectivity index (χ0n) is 6.81. The van der Waals surface area contributed by atoms with E-state index in [1.807, 2.05) is 42.5 Å². The van der Waals surface area contributed by atoms with Crippen molar-refractivity contribution < 1.29 is 4.21 Å². The predicted octanol–water partition coefficient (Wildman–Crippen LogP) is 2.82. The normalized spacial score (nSPS) is 9.85. The topological polar surface area (TPSA) is 29.4 Å². The first-order chi connectivity index (χ1) is 6.40. The minimum Gasteiger partial charge on any atom is -0.191 e. The molecule has 0 bridgehead atoms. The second-order valence-corrected chi connectivity index (χ2v) is 3.03. The fourth-order valence-electron chi connectivity index (χ4n) is 1.29. The Morgan fingerprint density at radius 2 is 1.62 bits per heavy atom. The molecule has 2 aliphatic carbocycles. The summed E-state index contributed by atoms with van der Waals surface area (Å²) in [6.07, 6.45) is 0. The van der Waals surface area contributed by atoms with E-state index in [4.69, 9.17) is 0 Å². The highest BCUT2D eigenvalue weighted by Crippen LogP contribution is 2.29. The Bertz CT molecular complexity index is 418. The van der Waals surface area contributed by atoms with Crippen LogP contribution in [0.4, 0.5) is 5.69 Å². The highest BCUT2D eigenvalue weighted by Gasteiger charge is 2.02. The second kappa shape index (κ2) is 3.49. The largest absolute Gasteiger partial charge is 0.205 e. The fraction of sp³-hybridized carbons (Fsp3) is 0. The van der Waals surface area contributed by atoms with Crippen LogP contribution >= 0.6 is 0 Å². The molecule has 2 rings (SSSR count). The lowest BCUT2D eigenvalue weighted by molar-refractivity contribution is 0.698. The van der Waals surface area contributed by atoms with Crippen LogP contribution in [0.5, 0.6) is 0 Å². The Hall–Kier alpha value is -1.48. The maximum absolute atomic E-state index is 10.2. The SMILES string of the molecule is O=S=Nc1cc2cccccc-2c1. The van der Waals surface area contributed by atoms with Gasteiger partial charge in [0, 0.05) is 0 Å². The first-order valence-electron chi connectivity index (χ1n) is 3.89. The molecule has 0 N–H and O–H groups in total. The Labute approximate surface area is 79.8 Å². The first-order valence-corrected chi connectivity index (χ1v) is 4.59. The van der Waals surface area contributed by atoms with Crippen molar-refractivity contribution in [3.63, 3.8) is 0 Å². The van der Waals surface area contributed by atoms with E-state index in [1.165, 1.54) is 0 Å². The van der Waals surface area contributed by atoms with Gasteiger partial charge in [-0.25, -0.2) is 0 Å². The monoisotopic (exact) mass is 189 g/mol. The molecule has 3 heteroatoms. The number of fused-ring (bicyclic) bond motifs is 1. The van der Waals surface area contributed by atoms with Crippen molar-refractivity contribution in [3.8, 4) is 11.1 Å². The standard InChI is InChI=1S/C10H7NOS/c12-13-11-10-6-8-4-2-1-3-5-9(8)7-10/h1-7H. The van der Waals surface area contributed by atoms with Crippen LogP contribution in [0.25, 0.3) is 11.1 Å². The van der Waals surface area contributed by atoms with Crippen LogP contribution < -0.4 is 0 Å². The highest BCUT2D eigenvalue weighted by atomic mass is 32.1. The van der Waals surface area contributed by atoms with Gasteiger partial charge in [-0.1, -0.05) is 30.3 Å². The van der Waals surface area contributed by atoms with Gasteiger partial charge in [-0.2, -0.15) is 8.57 Å². The average molecular weight is 189 g/mol. The van der Waals surface area contributed by atoms with Gasteiger partial charge in [0.05, 0.1) is 5.69 Å². The summed E-state index contributed by atoms with van der Waals surface area (Å²) in [7, 11) is 0. The predicted molar refractivity (Wildman–Crippen MR) is 53.3 cm³/mol. The van der Waals surface area contributed by atoms with Crippen molar-refractivity contribution in [1.82, 2.24) is 0 Å². The summed E-state index contributed by atoms with van der Waals surface area (Å²) in [5, 5.41) is 0. The summed E-state index contributed by atoms with van der Waals surface area (Å²) >= 11 is 0.242. The Kier molecular flexibility index (Phi) is 2.19. The summed E-state index contributed by atoms with van der Waals surface area (Å²) in [4.78, 5) is 0. The molecule has 64 valence electrons. The number of hydrogen-bond acceptors (Lipinski definition) is 2. The van der Waals surface area contributed by atoms with Gasteiger partial charge in [0.25, 0.3) is 0 Å². The molecular formula is C10H7NOS. The zero-order valence-corrected chi connectivity index (χ0v) is 7.62. The molecule has 0 saturated heterocycles. The summed E-state index contributed by atoms with van der Waals surface area (Å²) in [5.41, 5.74) is 2.96. The molecular weight excluding hydrogens is 182 g/mol. The molecule has 2 aliphatic rings. The third-order valence-corrected chi connectivity index (χ3v) is 2.14. The van der Waals surface area contributed by atoms with E-state index in [0.29, 0.717) is 0 Å². The second-order valence-electron chi connectivity index (χ2n) is 2.70. The molecule has 0 unspecified atom stereocenters. The van der Waals surface area contributed by atoms with Crippen LogP contribution in [0.3, 0.4) is 0 Å². The molecule has 0 aromatic rings. The van der Waals surface area contributed by atoms with E-state index in [9.17, 15) is 4.21 Å². The van der Waals surface area contributed by atoms with Gasteiger partial charge in [0.1, 0.15) is 0 Å². The van der Waals surface area contributed by atoms with E-state index in [0.717, 1.165) is 16.8 Å².